The number of rotatable bonds is 6. The van der Waals surface area contributed by atoms with Crippen molar-refractivity contribution in [3.8, 4) is 0 Å². The second-order valence-electron chi connectivity index (χ2n) is 5.92. The van der Waals surface area contributed by atoms with Crippen molar-refractivity contribution in [3.63, 3.8) is 0 Å². The highest BCUT2D eigenvalue weighted by Crippen LogP contribution is 2.24. The summed E-state index contributed by atoms with van der Waals surface area (Å²) in [5.41, 5.74) is 5.38. The Bertz CT molecular complexity index is 416. The van der Waals surface area contributed by atoms with Crippen LogP contribution in [0, 0.1) is 26.7 Å². The van der Waals surface area contributed by atoms with Gasteiger partial charge >= 0.3 is 0 Å². The number of aryl methyl sites for hydroxylation is 3. The minimum absolute atomic E-state index is 0.262. The van der Waals surface area contributed by atoms with E-state index >= 15 is 0 Å². The average molecular weight is 277 g/mol. The lowest BCUT2D eigenvalue weighted by atomic mass is 9.94. The Morgan fingerprint density at radius 3 is 2.55 bits per heavy atom. The molecule has 1 aliphatic heterocycles. The Hall–Kier alpha value is -0.900. The number of benzene rings is 1. The highest BCUT2D eigenvalue weighted by Gasteiger charge is 2.18. The second kappa shape index (κ2) is 7.21. The van der Waals surface area contributed by atoms with Crippen molar-refractivity contribution >= 4 is 0 Å². The van der Waals surface area contributed by atoms with Crippen molar-refractivity contribution in [2.24, 2.45) is 5.92 Å². The lowest BCUT2D eigenvalue weighted by Crippen LogP contribution is -2.25. The molecule has 1 aliphatic rings. The van der Waals surface area contributed by atoms with Crippen molar-refractivity contribution in [2.75, 3.05) is 33.5 Å². The molecule has 0 aliphatic carbocycles. The molecule has 1 N–H and O–H groups in total. The molecule has 0 amide bonds. The first-order chi connectivity index (χ1) is 9.61. The van der Waals surface area contributed by atoms with Crippen LogP contribution in [0.2, 0.25) is 0 Å². The van der Waals surface area contributed by atoms with Crippen LogP contribution >= 0.6 is 0 Å². The smallest absolute Gasteiger partial charge is 0.0661 e. The maximum atomic E-state index is 5.92. The van der Waals surface area contributed by atoms with Gasteiger partial charge in [0, 0.05) is 12.5 Å². The van der Waals surface area contributed by atoms with E-state index in [0.717, 1.165) is 32.8 Å². The number of ether oxygens (including phenoxy) is 2. The standard InChI is InChI=1S/C17H27NO2/c1-12-7-13(2)17(14(3)8-12)16(18-4)11-20-10-15-5-6-19-9-15/h7-8,15-16,18H,5-6,9-11H2,1-4H3. The number of hydrogen-bond acceptors (Lipinski definition) is 3. The van der Waals surface area contributed by atoms with Crippen LogP contribution in [-0.4, -0.2) is 33.5 Å². The first kappa shape index (κ1) is 15.5. The predicted molar refractivity (Wildman–Crippen MR) is 82.2 cm³/mol. The second-order valence-corrected chi connectivity index (χ2v) is 5.92. The first-order valence-electron chi connectivity index (χ1n) is 7.52. The molecular formula is C17H27NO2. The first-order valence-corrected chi connectivity index (χ1v) is 7.52. The molecule has 0 aromatic heterocycles. The van der Waals surface area contributed by atoms with E-state index < -0.39 is 0 Å². The van der Waals surface area contributed by atoms with Gasteiger partial charge in [-0.3, -0.25) is 0 Å². The van der Waals surface area contributed by atoms with E-state index in [2.05, 4.69) is 38.2 Å². The zero-order chi connectivity index (χ0) is 14.5. The summed E-state index contributed by atoms with van der Waals surface area (Å²) in [6.07, 6.45) is 1.13. The van der Waals surface area contributed by atoms with Gasteiger partial charge in [0.05, 0.1) is 25.9 Å². The van der Waals surface area contributed by atoms with Gasteiger partial charge in [0.15, 0.2) is 0 Å². The fourth-order valence-corrected chi connectivity index (χ4v) is 3.12. The summed E-state index contributed by atoms with van der Waals surface area (Å²) >= 11 is 0. The number of nitrogens with one attached hydrogen (secondary N) is 1. The van der Waals surface area contributed by atoms with Gasteiger partial charge in [-0.2, -0.15) is 0 Å². The fourth-order valence-electron chi connectivity index (χ4n) is 3.12. The van der Waals surface area contributed by atoms with Gasteiger partial charge in [-0.1, -0.05) is 17.7 Å². The van der Waals surface area contributed by atoms with Crippen molar-refractivity contribution in [2.45, 2.75) is 33.2 Å². The van der Waals surface area contributed by atoms with E-state index in [1.54, 1.807) is 0 Å². The van der Waals surface area contributed by atoms with Crippen LogP contribution in [0.1, 0.15) is 34.7 Å². The largest absolute Gasteiger partial charge is 0.381 e. The molecule has 0 bridgehead atoms. The van der Waals surface area contributed by atoms with E-state index in [0.29, 0.717) is 5.92 Å². The molecule has 1 heterocycles. The lowest BCUT2D eigenvalue weighted by Gasteiger charge is -2.22. The van der Waals surface area contributed by atoms with Crippen molar-refractivity contribution in [1.29, 1.82) is 0 Å². The molecule has 1 aromatic rings. The van der Waals surface area contributed by atoms with Crippen LogP contribution in [-0.2, 0) is 9.47 Å². The van der Waals surface area contributed by atoms with Crippen LogP contribution < -0.4 is 5.32 Å². The highest BCUT2D eigenvalue weighted by molar-refractivity contribution is 5.39. The summed E-state index contributed by atoms with van der Waals surface area (Å²) in [4.78, 5) is 0. The van der Waals surface area contributed by atoms with Crippen LogP contribution in [0.4, 0.5) is 0 Å². The molecule has 0 saturated carbocycles. The van der Waals surface area contributed by atoms with Crippen LogP contribution in [0.25, 0.3) is 0 Å². The average Bonchev–Trinajstić information content (AvgIpc) is 2.88. The summed E-state index contributed by atoms with van der Waals surface area (Å²) in [6, 6.07) is 4.76. The summed E-state index contributed by atoms with van der Waals surface area (Å²) < 4.78 is 11.3. The van der Waals surface area contributed by atoms with Crippen molar-refractivity contribution in [1.82, 2.24) is 5.32 Å². The van der Waals surface area contributed by atoms with Gasteiger partial charge in [0.2, 0.25) is 0 Å². The molecule has 20 heavy (non-hydrogen) atoms. The van der Waals surface area contributed by atoms with Crippen LogP contribution in [0.5, 0.6) is 0 Å². The molecule has 112 valence electrons. The van der Waals surface area contributed by atoms with Crippen molar-refractivity contribution < 1.29 is 9.47 Å². The SMILES string of the molecule is CNC(COCC1CCOC1)c1c(C)cc(C)cc1C. The quantitative estimate of drug-likeness (QED) is 0.867. The van der Waals surface area contributed by atoms with E-state index in [1.165, 1.54) is 22.3 Å². The lowest BCUT2D eigenvalue weighted by molar-refractivity contribution is 0.0756. The molecule has 1 aromatic carbocycles. The third kappa shape index (κ3) is 3.81. The summed E-state index contributed by atoms with van der Waals surface area (Å²) in [5, 5.41) is 3.39. The summed E-state index contributed by atoms with van der Waals surface area (Å²) in [5.74, 6) is 0.577. The van der Waals surface area contributed by atoms with Gasteiger partial charge < -0.3 is 14.8 Å². The molecule has 0 radical (unpaired) electrons. The van der Waals surface area contributed by atoms with Gasteiger partial charge in [0.25, 0.3) is 0 Å². The molecule has 2 atom stereocenters. The highest BCUT2D eigenvalue weighted by atomic mass is 16.5. The van der Waals surface area contributed by atoms with Gasteiger partial charge in [-0.15, -0.1) is 0 Å². The monoisotopic (exact) mass is 277 g/mol. The van der Waals surface area contributed by atoms with Crippen LogP contribution in [0.3, 0.4) is 0 Å². The van der Waals surface area contributed by atoms with Crippen molar-refractivity contribution in [3.05, 3.63) is 34.4 Å². The minimum Gasteiger partial charge on any atom is -0.381 e. The number of hydrogen-bond donors (Lipinski definition) is 1. The fraction of sp³-hybridized carbons (Fsp3) is 0.647. The molecule has 2 rings (SSSR count). The van der Waals surface area contributed by atoms with Gasteiger partial charge in [0.1, 0.15) is 0 Å². The maximum Gasteiger partial charge on any atom is 0.0661 e. The minimum atomic E-state index is 0.262. The Morgan fingerprint density at radius 2 is 2.00 bits per heavy atom. The summed E-state index contributed by atoms with van der Waals surface area (Å²) in [7, 11) is 2.01. The molecule has 0 spiro atoms. The topological polar surface area (TPSA) is 30.5 Å². The Balaban J connectivity index is 1.97. The number of likely N-dealkylation sites (N-methyl/N-ethyl adjacent to an activating group) is 1. The van der Waals surface area contributed by atoms with E-state index in [-0.39, 0.29) is 6.04 Å². The Morgan fingerprint density at radius 1 is 1.30 bits per heavy atom. The van der Waals surface area contributed by atoms with Crippen LogP contribution in [0.15, 0.2) is 12.1 Å². The molecular weight excluding hydrogens is 250 g/mol. The predicted octanol–water partition coefficient (Wildman–Crippen LogP) is 2.93. The maximum absolute atomic E-state index is 5.92. The third-order valence-corrected chi connectivity index (χ3v) is 4.10. The Kier molecular flexibility index (Phi) is 5.58. The van der Waals surface area contributed by atoms with E-state index in [4.69, 9.17) is 9.47 Å². The zero-order valence-corrected chi connectivity index (χ0v) is 13.2. The molecule has 1 saturated heterocycles. The van der Waals surface area contributed by atoms with Gasteiger partial charge in [-0.05, 0) is 50.9 Å². The van der Waals surface area contributed by atoms with E-state index in [1.807, 2.05) is 7.05 Å². The zero-order valence-electron chi connectivity index (χ0n) is 13.2. The Labute approximate surface area is 122 Å². The molecule has 3 heteroatoms. The molecule has 3 nitrogen and oxygen atoms in total. The third-order valence-electron chi connectivity index (χ3n) is 4.10. The van der Waals surface area contributed by atoms with Gasteiger partial charge in [-0.25, -0.2) is 0 Å². The molecule has 1 fully saturated rings. The summed E-state index contributed by atoms with van der Waals surface area (Å²) in [6.45, 7) is 9.79. The van der Waals surface area contributed by atoms with E-state index in [9.17, 15) is 0 Å². The normalized spacial score (nSPS) is 20.3. The molecule has 2 unspecified atom stereocenters.